The Hall–Kier alpha value is -1.26. The van der Waals surface area contributed by atoms with Crippen molar-refractivity contribution in [1.82, 2.24) is 9.80 Å². The second kappa shape index (κ2) is 5.39. The van der Waals surface area contributed by atoms with Gasteiger partial charge in [0.05, 0.1) is 5.41 Å². The molecule has 2 amide bonds. The molecule has 0 aromatic heterocycles. The van der Waals surface area contributed by atoms with Gasteiger partial charge in [0.25, 0.3) is 0 Å². The Balaban J connectivity index is 1.94. The zero-order valence-electron chi connectivity index (χ0n) is 11.9. The predicted octanol–water partition coefficient (Wildman–Crippen LogP) is 2.17. The van der Waals surface area contributed by atoms with E-state index >= 15 is 0 Å². The third-order valence-electron chi connectivity index (χ3n) is 4.75. The fourth-order valence-electron chi connectivity index (χ4n) is 3.10. The lowest BCUT2D eigenvalue weighted by Crippen LogP contribution is -2.51. The third-order valence-corrected chi connectivity index (χ3v) is 4.75. The molecule has 5 nitrogen and oxygen atoms in total. The second-order valence-corrected chi connectivity index (χ2v) is 6.03. The van der Waals surface area contributed by atoms with E-state index in [1.165, 1.54) is 0 Å². The second-order valence-electron chi connectivity index (χ2n) is 6.03. The summed E-state index contributed by atoms with van der Waals surface area (Å²) in [6, 6.07) is 0.483. The van der Waals surface area contributed by atoms with Gasteiger partial charge in [-0.2, -0.15) is 0 Å². The summed E-state index contributed by atoms with van der Waals surface area (Å²) in [4.78, 5) is 27.5. The molecule has 108 valence electrons. The normalized spacial score (nSPS) is 26.5. The van der Waals surface area contributed by atoms with Crippen molar-refractivity contribution >= 4 is 12.0 Å². The number of carboxylic acids is 1. The summed E-state index contributed by atoms with van der Waals surface area (Å²) in [6.07, 6.45) is 4.30. The first-order valence-electron chi connectivity index (χ1n) is 7.27. The van der Waals surface area contributed by atoms with Gasteiger partial charge < -0.3 is 14.9 Å². The minimum Gasteiger partial charge on any atom is -0.481 e. The number of carbonyl (C=O) groups is 2. The van der Waals surface area contributed by atoms with Crippen LogP contribution in [0.3, 0.4) is 0 Å². The van der Waals surface area contributed by atoms with Crippen LogP contribution in [0.4, 0.5) is 4.79 Å². The molecule has 2 aliphatic heterocycles. The van der Waals surface area contributed by atoms with Gasteiger partial charge >= 0.3 is 12.0 Å². The summed E-state index contributed by atoms with van der Waals surface area (Å²) >= 11 is 0. The van der Waals surface area contributed by atoms with Crippen LogP contribution in [0.25, 0.3) is 0 Å². The Kier molecular flexibility index (Phi) is 4.02. The first-order chi connectivity index (χ1) is 8.98. The van der Waals surface area contributed by atoms with Gasteiger partial charge in [-0.15, -0.1) is 0 Å². The maximum atomic E-state index is 12.5. The topological polar surface area (TPSA) is 60.9 Å². The third kappa shape index (κ3) is 2.69. The van der Waals surface area contributed by atoms with Gasteiger partial charge in [-0.3, -0.25) is 4.79 Å². The van der Waals surface area contributed by atoms with E-state index < -0.39 is 11.4 Å². The molecule has 2 aliphatic rings. The first-order valence-corrected chi connectivity index (χ1v) is 7.27. The molecule has 2 saturated heterocycles. The largest absolute Gasteiger partial charge is 0.481 e. The molecule has 1 atom stereocenters. The molecule has 0 aliphatic carbocycles. The SMILES string of the molecule is CCC1CCCN1C(=O)N1CCC(C)(C(=O)O)CC1. The molecule has 1 N–H and O–H groups in total. The summed E-state index contributed by atoms with van der Waals surface area (Å²) in [5.74, 6) is -0.743. The Morgan fingerprint density at radius 1 is 1.26 bits per heavy atom. The number of urea groups is 1. The summed E-state index contributed by atoms with van der Waals surface area (Å²) < 4.78 is 0. The molecule has 2 heterocycles. The highest BCUT2D eigenvalue weighted by molar-refractivity contribution is 5.77. The highest BCUT2D eigenvalue weighted by atomic mass is 16.4. The van der Waals surface area contributed by atoms with Crippen molar-refractivity contribution in [2.45, 2.75) is 52.0 Å². The van der Waals surface area contributed by atoms with E-state index in [0.29, 0.717) is 32.0 Å². The molecule has 5 heteroatoms. The van der Waals surface area contributed by atoms with Gasteiger partial charge in [0, 0.05) is 25.7 Å². The number of amides is 2. The van der Waals surface area contributed by atoms with Gasteiger partial charge in [0.1, 0.15) is 0 Å². The van der Waals surface area contributed by atoms with Crippen LogP contribution in [-0.4, -0.2) is 52.6 Å². The van der Waals surface area contributed by atoms with Crippen molar-refractivity contribution in [3.8, 4) is 0 Å². The molecule has 0 spiro atoms. The number of rotatable bonds is 2. The van der Waals surface area contributed by atoms with E-state index in [4.69, 9.17) is 0 Å². The molecule has 0 bridgehead atoms. The van der Waals surface area contributed by atoms with E-state index in [0.717, 1.165) is 25.8 Å². The quantitative estimate of drug-likeness (QED) is 0.835. The van der Waals surface area contributed by atoms with E-state index in [2.05, 4.69) is 6.92 Å². The van der Waals surface area contributed by atoms with Crippen LogP contribution in [0.2, 0.25) is 0 Å². The van der Waals surface area contributed by atoms with Crippen LogP contribution in [-0.2, 0) is 4.79 Å². The van der Waals surface area contributed by atoms with Crippen molar-refractivity contribution in [3.05, 3.63) is 0 Å². The maximum absolute atomic E-state index is 12.5. The lowest BCUT2D eigenvalue weighted by atomic mass is 9.80. The first kappa shape index (κ1) is 14.2. The average molecular weight is 268 g/mol. The van der Waals surface area contributed by atoms with Crippen molar-refractivity contribution in [2.75, 3.05) is 19.6 Å². The average Bonchev–Trinajstić information content (AvgIpc) is 2.87. The number of aliphatic carboxylic acids is 1. The van der Waals surface area contributed by atoms with Crippen molar-refractivity contribution < 1.29 is 14.7 Å². The standard InChI is InChI=1S/C14H24N2O3/c1-3-11-5-4-8-16(11)13(19)15-9-6-14(2,7-10-15)12(17)18/h11H,3-10H2,1-2H3,(H,17,18). The lowest BCUT2D eigenvalue weighted by molar-refractivity contribution is -0.150. The van der Waals surface area contributed by atoms with E-state index in [1.807, 2.05) is 9.80 Å². The van der Waals surface area contributed by atoms with Crippen LogP contribution < -0.4 is 0 Å². The Labute approximate surface area is 114 Å². The fourth-order valence-corrected chi connectivity index (χ4v) is 3.10. The molecule has 0 aromatic rings. The molecule has 19 heavy (non-hydrogen) atoms. The number of carbonyl (C=O) groups excluding carboxylic acids is 1. The summed E-state index contributed by atoms with van der Waals surface area (Å²) in [6.45, 7) is 5.88. The van der Waals surface area contributed by atoms with Crippen molar-refractivity contribution in [3.63, 3.8) is 0 Å². The molecule has 0 aromatic carbocycles. The molecule has 1 unspecified atom stereocenters. The molecule has 2 fully saturated rings. The number of likely N-dealkylation sites (tertiary alicyclic amines) is 2. The lowest BCUT2D eigenvalue weighted by Gasteiger charge is -2.39. The van der Waals surface area contributed by atoms with Gasteiger partial charge in [-0.05, 0) is 39.0 Å². The monoisotopic (exact) mass is 268 g/mol. The van der Waals surface area contributed by atoms with Crippen LogP contribution in [0, 0.1) is 5.41 Å². The Bertz CT molecular complexity index is 362. The van der Waals surface area contributed by atoms with Gasteiger partial charge in [0.15, 0.2) is 0 Å². The van der Waals surface area contributed by atoms with E-state index in [9.17, 15) is 14.7 Å². The zero-order chi connectivity index (χ0) is 14.0. The Morgan fingerprint density at radius 2 is 1.89 bits per heavy atom. The molecule has 2 rings (SSSR count). The fraction of sp³-hybridized carbons (Fsp3) is 0.857. The number of carboxylic acid groups (broad SMARTS) is 1. The van der Waals surface area contributed by atoms with Crippen LogP contribution in [0.5, 0.6) is 0 Å². The highest BCUT2D eigenvalue weighted by Gasteiger charge is 2.40. The number of piperidine rings is 1. The molecule has 0 radical (unpaired) electrons. The molecular weight excluding hydrogens is 244 g/mol. The number of hydrogen-bond acceptors (Lipinski definition) is 2. The predicted molar refractivity (Wildman–Crippen MR) is 72.0 cm³/mol. The number of nitrogens with zero attached hydrogens (tertiary/aromatic N) is 2. The van der Waals surface area contributed by atoms with Crippen molar-refractivity contribution in [1.29, 1.82) is 0 Å². The minimum atomic E-state index is -0.743. The van der Waals surface area contributed by atoms with Crippen molar-refractivity contribution in [2.24, 2.45) is 5.41 Å². The molecule has 0 saturated carbocycles. The highest BCUT2D eigenvalue weighted by Crippen LogP contribution is 2.32. The van der Waals surface area contributed by atoms with Gasteiger partial charge in [-0.1, -0.05) is 6.92 Å². The molecular formula is C14H24N2O3. The smallest absolute Gasteiger partial charge is 0.320 e. The minimum absolute atomic E-state index is 0.108. The Morgan fingerprint density at radius 3 is 2.42 bits per heavy atom. The van der Waals surface area contributed by atoms with Gasteiger partial charge in [-0.25, -0.2) is 4.79 Å². The van der Waals surface area contributed by atoms with Crippen LogP contribution in [0.1, 0.15) is 46.0 Å². The summed E-state index contributed by atoms with van der Waals surface area (Å²) in [5, 5.41) is 9.20. The summed E-state index contributed by atoms with van der Waals surface area (Å²) in [5.41, 5.74) is -0.661. The van der Waals surface area contributed by atoms with Gasteiger partial charge in [0.2, 0.25) is 0 Å². The van der Waals surface area contributed by atoms with Crippen LogP contribution >= 0.6 is 0 Å². The van der Waals surface area contributed by atoms with E-state index in [-0.39, 0.29) is 6.03 Å². The summed E-state index contributed by atoms with van der Waals surface area (Å²) in [7, 11) is 0. The number of hydrogen-bond donors (Lipinski definition) is 1. The zero-order valence-corrected chi connectivity index (χ0v) is 11.9. The van der Waals surface area contributed by atoms with Crippen LogP contribution in [0.15, 0.2) is 0 Å². The maximum Gasteiger partial charge on any atom is 0.320 e. The van der Waals surface area contributed by atoms with E-state index in [1.54, 1.807) is 6.92 Å².